The van der Waals surface area contributed by atoms with Crippen LogP contribution >= 0.6 is 0 Å². The Kier molecular flexibility index (Phi) is 3.48. The van der Waals surface area contributed by atoms with E-state index in [4.69, 9.17) is 4.42 Å². The van der Waals surface area contributed by atoms with Gasteiger partial charge in [-0.15, -0.1) is 0 Å². The SMILES string of the molecule is Cc1occc1C(=O)Nc1ccc2c(c1)CCCC(=O)N2. The number of rotatable bonds is 2. The Hall–Kier alpha value is -2.56. The molecule has 0 unspecified atom stereocenters. The van der Waals surface area contributed by atoms with Gasteiger partial charge >= 0.3 is 0 Å². The van der Waals surface area contributed by atoms with E-state index in [1.165, 1.54) is 6.26 Å². The van der Waals surface area contributed by atoms with E-state index >= 15 is 0 Å². The molecule has 2 N–H and O–H groups in total. The van der Waals surface area contributed by atoms with E-state index in [2.05, 4.69) is 10.6 Å². The van der Waals surface area contributed by atoms with Crippen LogP contribution in [0.5, 0.6) is 0 Å². The van der Waals surface area contributed by atoms with Gasteiger partial charge in [-0.2, -0.15) is 0 Å². The van der Waals surface area contributed by atoms with Gasteiger partial charge in [-0.1, -0.05) is 0 Å². The van der Waals surface area contributed by atoms with Crippen LogP contribution in [0.4, 0.5) is 11.4 Å². The zero-order chi connectivity index (χ0) is 14.8. The Morgan fingerprint density at radius 1 is 1.29 bits per heavy atom. The van der Waals surface area contributed by atoms with E-state index in [0.29, 0.717) is 17.7 Å². The van der Waals surface area contributed by atoms with Gasteiger partial charge in [-0.25, -0.2) is 0 Å². The van der Waals surface area contributed by atoms with Crippen molar-refractivity contribution in [2.75, 3.05) is 10.6 Å². The van der Waals surface area contributed by atoms with Gasteiger partial charge in [-0.05, 0) is 49.6 Å². The van der Waals surface area contributed by atoms with Gasteiger partial charge in [0, 0.05) is 17.8 Å². The third kappa shape index (κ3) is 2.81. The molecular formula is C16H16N2O3. The zero-order valence-electron chi connectivity index (χ0n) is 11.7. The smallest absolute Gasteiger partial charge is 0.259 e. The molecular weight excluding hydrogens is 268 g/mol. The number of amides is 2. The number of hydrogen-bond acceptors (Lipinski definition) is 3. The highest BCUT2D eigenvalue weighted by molar-refractivity contribution is 6.05. The predicted octanol–water partition coefficient (Wildman–Crippen LogP) is 3.12. The number of fused-ring (bicyclic) bond motifs is 1. The van der Waals surface area contributed by atoms with Crippen molar-refractivity contribution < 1.29 is 14.0 Å². The Balaban J connectivity index is 1.81. The minimum Gasteiger partial charge on any atom is -0.469 e. The largest absolute Gasteiger partial charge is 0.469 e. The quantitative estimate of drug-likeness (QED) is 0.890. The average molecular weight is 284 g/mol. The van der Waals surface area contributed by atoms with Crippen LogP contribution in [0, 0.1) is 6.92 Å². The summed E-state index contributed by atoms with van der Waals surface area (Å²) in [5.41, 5.74) is 3.12. The molecule has 0 aliphatic carbocycles. The number of carbonyl (C=O) groups excluding carboxylic acids is 2. The molecule has 21 heavy (non-hydrogen) atoms. The van der Waals surface area contributed by atoms with Crippen LogP contribution in [0.3, 0.4) is 0 Å². The number of nitrogens with one attached hydrogen (secondary N) is 2. The van der Waals surface area contributed by atoms with E-state index in [1.54, 1.807) is 19.1 Å². The van der Waals surface area contributed by atoms with Crippen molar-refractivity contribution in [2.24, 2.45) is 0 Å². The molecule has 3 rings (SSSR count). The fourth-order valence-corrected chi connectivity index (χ4v) is 2.47. The molecule has 5 nitrogen and oxygen atoms in total. The molecule has 0 saturated heterocycles. The maximum atomic E-state index is 12.1. The van der Waals surface area contributed by atoms with Crippen molar-refractivity contribution in [3.05, 3.63) is 47.4 Å². The fourth-order valence-electron chi connectivity index (χ4n) is 2.47. The third-order valence-corrected chi connectivity index (χ3v) is 3.59. The average Bonchev–Trinajstić information content (AvgIpc) is 2.78. The second kappa shape index (κ2) is 5.44. The highest BCUT2D eigenvalue weighted by Gasteiger charge is 2.15. The molecule has 1 aromatic carbocycles. The van der Waals surface area contributed by atoms with Crippen LogP contribution in [-0.2, 0) is 11.2 Å². The number of anilines is 2. The Labute approximate surface area is 122 Å². The topological polar surface area (TPSA) is 71.3 Å². The summed E-state index contributed by atoms with van der Waals surface area (Å²) in [6.07, 6.45) is 3.67. The summed E-state index contributed by atoms with van der Waals surface area (Å²) in [4.78, 5) is 23.7. The maximum absolute atomic E-state index is 12.1. The van der Waals surface area contributed by atoms with Gasteiger partial charge in [0.1, 0.15) is 5.76 Å². The Bertz CT molecular complexity index is 703. The molecule has 2 heterocycles. The van der Waals surface area contributed by atoms with Gasteiger partial charge in [0.15, 0.2) is 0 Å². The summed E-state index contributed by atoms with van der Waals surface area (Å²) in [7, 11) is 0. The molecule has 0 saturated carbocycles. The summed E-state index contributed by atoms with van der Waals surface area (Å²) in [6, 6.07) is 7.18. The number of benzene rings is 1. The lowest BCUT2D eigenvalue weighted by molar-refractivity contribution is -0.116. The molecule has 1 aromatic heterocycles. The van der Waals surface area contributed by atoms with Gasteiger partial charge < -0.3 is 15.1 Å². The van der Waals surface area contributed by atoms with Gasteiger partial charge in [0.05, 0.1) is 11.8 Å². The van der Waals surface area contributed by atoms with Crippen LogP contribution in [0.1, 0.15) is 34.5 Å². The first-order valence-corrected chi connectivity index (χ1v) is 6.92. The molecule has 1 aliphatic heterocycles. The highest BCUT2D eigenvalue weighted by Crippen LogP contribution is 2.25. The second-order valence-electron chi connectivity index (χ2n) is 5.12. The standard InChI is InChI=1S/C16H16N2O3/c1-10-13(7-8-21-10)16(20)17-12-5-6-14-11(9-12)3-2-4-15(19)18-14/h5-9H,2-4H2,1H3,(H,17,20)(H,18,19). The Morgan fingerprint density at radius 2 is 2.14 bits per heavy atom. The van der Waals surface area contributed by atoms with E-state index in [0.717, 1.165) is 29.8 Å². The molecule has 0 fully saturated rings. The van der Waals surface area contributed by atoms with E-state index in [-0.39, 0.29) is 11.8 Å². The molecule has 0 atom stereocenters. The van der Waals surface area contributed by atoms with Crippen LogP contribution < -0.4 is 10.6 Å². The van der Waals surface area contributed by atoms with Crippen LogP contribution in [-0.4, -0.2) is 11.8 Å². The van der Waals surface area contributed by atoms with Crippen molar-refractivity contribution >= 4 is 23.2 Å². The minimum atomic E-state index is -0.196. The minimum absolute atomic E-state index is 0.0413. The van der Waals surface area contributed by atoms with E-state index in [9.17, 15) is 9.59 Å². The zero-order valence-corrected chi connectivity index (χ0v) is 11.7. The van der Waals surface area contributed by atoms with Crippen molar-refractivity contribution in [1.82, 2.24) is 0 Å². The highest BCUT2D eigenvalue weighted by atomic mass is 16.3. The normalized spacial score (nSPS) is 14.0. The molecule has 1 aliphatic rings. The van der Waals surface area contributed by atoms with E-state index in [1.807, 2.05) is 12.1 Å². The van der Waals surface area contributed by atoms with Gasteiger partial charge in [0.25, 0.3) is 5.91 Å². The molecule has 108 valence electrons. The lowest BCUT2D eigenvalue weighted by atomic mass is 10.1. The maximum Gasteiger partial charge on any atom is 0.259 e. The first kappa shape index (κ1) is 13.4. The molecule has 2 amide bonds. The van der Waals surface area contributed by atoms with Crippen molar-refractivity contribution in [3.63, 3.8) is 0 Å². The molecule has 0 bridgehead atoms. The lowest BCUT2D eigenvalue weighted by Crippen LogP contribution is -2.13. The van der Waals surface area contributed by atoms with Crippen LogP contribution in [0.25, 0.3) is 0 Å². The van der Waals surface area contributed by atoms with Gasteiger partial charge in [0.2, 0.25) is 5.91 Å². The monoisotopic (exact) mass is 284 g/mol. The summed E-state index contributed by atoms with van der Waals surface area (Å²) < 4.78 is 5.13. The molecule has 2 aromatic rings. The predicted molar refractivity (Wildman–Crippen MR) is 79.4 cm³/mol. The number of furan rings is 1. The second-order valence-corrected chi connectivity index (χ2v) is 5.12. The summed E-state index contributed by atoms with van der Waals surface area (Å²) in [5, 5.41) is 5.73. The number of carbonyl (C=O) groups is 2. The number of aryl methyl sites for hydroxylation is 2. The lowest BCUT2D eigenvalue weighted by Gasteiger charge is -2.10. The summed E-state index contributed by atoms with van der Waals surface area (Å²) in [5.74, 6) is 0.438. The van der Waals surface area contributed by atoms with Gasteiger partial charge in [-0.3, -0.25) is 9.59 Å². The molecule has 0 spiro atoms. The summed E-state index contributed by atoms with van der Waals surface area (Å²) in [6.45, 7) is 1.75. The van der Waals surface area contributed by atoms with Crippen LogP contribution in [0.15, 0.2) is 34.9 Å². The molecule has 0 radical (unpaired) electrons. The van der Waals surface area contributed by atoms with Crippen molar-refractivity contribution in [3.8, 4) is 0 Å². The summed E-state index contributed by atoms with van der Waals surface area (Å²) >= 11 is 0. The van der Waals surface area contributed by atoms with Crippen LogP contribution in [0.2, 0.25) is 0 Å². The fraction of sp³-hybridized carbons (Fsp3) is 0.250. The Morgan fingerprint density at radius 3 is 2.90 bits per heavy atom. The van der Waals surface area contributed by atoms with E-state index < -0.39 is 0 Å². The third-order valence-electron chi connectivity index (χ3n) is 3.59. The number of hydrogen-bond donors (Lipinski definition) is 2. The molecule has 5 heteroatoms. The first-order valence-electron chi connectivity index (χ1n) is 6.92. The van der Waals surface area contributed by atoms with Crippen molar-refractivity contribution in [2.45, 2.75) is 26.2 Å². The van der Waals surface area contributed by atoms with Crippen molar-refractivity contribution in [1.29, 1.82) is 0 Å². The first-order chi connectivity index (χ1) is 10.1.